The third-order valence-corrected chi connectivity index (χ3v) is 10.7. The number of anilines is 2. The summed E-state index contributed by atoms with van der Waals surface area (Å²) in [4.78, 5) is 51.4. The number of nitrogens with zero attached hydrogens (tertiary/aromatic N) is 2. The van der Waals surface area contributed by atoms with Gasteiger partial charge in [-0.1, -0.05) is 19.0 Å². The Bertz CT molecular complexity index is 1960. The molecule has 5 heterocycles. The highest BCUT2D eigenvalue weighted by atomic mass is 35.5. The molecule has 4 aromatic rings. The van der Waals surface area contributed by atoms with Crippen molar-refractivity contribution >= 4 is 75.0 Å². The van der Waals surface area contributed by atoms with E-state index >= 15 is 0 Å². The quantitative estimate of drug-likeness (QED) is 0.199. The molecule has 3 aliphatic rings. The van der Waals surface area contributed by atoms with E-state index in [0.717, 1.165) is 16.6 Å². The average Bonchev–Trinajstić information content (AvgIpc) is 3.72. The first-order valence-electron chi connectivity index (χ1n) is 15.8. The molecule has 5 atom stereocenters. The fraction of sp³-hybridized carbons (Fsp3) is 0.371. The number of rotatable bonds is 7. The number of thiophene rings is 1. The summed E-state index contributed by atoms with van der Waals surface area (Å²) in [7, 11) is 0. The summed E-state index contributed by atoms with van der Waals surface area (Å²) in [6.45, 7) is 3.42. The third-order valence-electron chi connectivity index (χ3n) is 8.25. The highest BCUT2D eigenvalue weighted by Gasteiger charge is 2.38. The molecule has 0 radical (unpaired) electrons. The van der Waals surface area contributed by atoms with Crippen molar-refractivity contribution < 1.29 is 48.3 Å². The predicted molar refractivity (Wildman–Crippen MR) is 198 cm³/mol. The summed E-state index contributed by atoms with van der Waals surface area (Å²) in [5.74, 6) is 0.342. The molecule has 14 nitrogen and oxygen atoms in total. The number of amides is 3. The van der Waals surface area contributed by atoms with E-state index in [2.05, 4.69) is 5.32 Å². The Morgan fingerprint density at radius 2 is 1.73 bits per heavy atom. The van der Waals surface area contributed by atoms with Crippen LogP contribution in [0.2, 0.25) is 4.34 Å². The largest absolute Gasteiger partial charge is 0.477 e. The van der Waals surface area contributed by atoms with Crippen molar-refractivity contribution in [1.29, 1.82) is 0 Å². The lowest BCUT2D eigenvalue weighted by molar-refractivity contribution is -0.125. The normalized spacial score (nSPS) is 23.0. The highest BCUT2D eigenvalue weighted by Crippen LogP contribution is 2.31. The van der Waals surface area contributed by atoms with Crippen molar-refractivity contribution in [1.82, 2.24) is 5.32 Å². The van der Waals surface area contributed by atoms with Gasteiger partial charge in [-0.3, -0.25) is 14.5 Å². The summed E-state index contributed by atoms with van der Waals surface area (Å²) < 4.78 is 21.8. The molecule has 0 aliphatic carbocycles. The van der Waals surface area contributed by atoms with Gasteiger partial charge >= 0.3 is 11.7 Å². The van der Waals surface area contributed by atoms with Crippen molar-refractivity contribution in [3.63, 3.8) is 0 Å². The van der Waals surface area contributed by atoms with Crippen LogP contribution in [0.15, 0.2) is 69.9 Å². The molecule has 3 saturated heterocycles. The van der Waals surface area contributed by atoms with Crippen LogP contribution in [0.3, 0.4) is 0 Å². The number of nitrogens with one attached hydrogen (secondary N) is 1. The number of fused-ring (bicyclic) bond motifs is 1. The molecule has 2 aromatic heterocycles. The van der Waals surface area contributed by atoms with E-state index in [-0.39, 0.29) is 38.1 Å². The van der Waals surface area contributed by atoms with Crippen LogP contribution in [-0.2, 0) is 14.3 Å². The van der Waals surface area contributed by atoms with Crippen molar-refractivity contribution in [3.8, 4) is 5.75 Å². The van der Waals surface area contributed by atoms with Gasteiger partial charge < -0.3 is 44.2 Å². The maximum atomic E-state index is 12.2. The minimum Gasteiger partial charge on any atom is -0.477 e. The third kappa shape index (κ3) is 9.06. The Labute approximate surface area is 311 Å². The molecule has 4 N–H and O–H groups in total. The summed E-state index contributed by atoms with van der Waals surface area (Å²) in [5, 5.41) is 32.7. The molecule has 17 heteroatoms. The number of aliphatic hydroxyl groups excluding tert-OH is 3. The number of thioether (sulfide) groups is 1. The zero-order valence-corrected chi connectivity index (χ0v) is 29.5. The summed E-state index contributed by atoms with van der Waals surface area (Å²) in [6.07, 6.45) is -4.35. The van der Waals surface area contributed by atoms with Gasteiger partial charge in [-0.15, -0.1) is 23.1 Å². The predicted octanol–water partition coefficient (Wildman–Crippen LogP) is 3.79. The van der Waals surface area contributed by atoms with Crippen LogP contribution in [0.25, 0.3) is 11.0 Å². The number of aryl methyl sites for hydroxylation is 1. The lowest BCUT2D eigenvalue weighted by Crippen LogP contribution is -2.50. The van der Waals surface area contributed by atoms with E-state index in [0.29, 0.717) is 45.9 Å². The number of ether oxygens (including phenoxy) is 3. The number of benzene rings is 2. The van der Waals surface area contributed by atoms with Gasteiger partial charge in [0.25, 0.3) is 11.8 Å². The minimum atomic E-state index is -1.24. The summed E-state index contributed by atoms with van der Waals surface area (Å²) in [5.41, 5.74) is 1.49. The molecule has 0 spiro atoms. The standard InChI is InChI=1S/C19H18ClN3O5S.C15H16O6S.CH4/c20-16-6-5-15(29-16)18(25)21-9-14-10-23(19(26)28-14)13-3-1-12(2-4-13)22-7-8-27-11-17(22)24;1-7-4-12(17)21-11-5-8(2-3-9(7)11)20-15-14(19)13(18)10(16)6-22-15;/h1-6,14H,7-11H2,(H,21,25);2-5,10,13-16,18-19H,6H2,1H3;1H4/t14-;10-,13+,14-,15-;/m01./s1. The van der Waals surface area contributed by atoms with Gasteiger partial charge in [-0.05, 0) is 61.0 Å². The molecule has 3 amide bonds. The topological polar surface area (TPSA) is 188 Å². The number of carbonyl (C=O) groups excluding carboxylic acids is 3. The fourth-order valence-electron chi connectivity index (χ4n) is 5.57. The fourth-order valence-corrected chi connectivity index (χ4v) is 7.65. The summed E-state index contributed by atoms with van der Waals surface area (Å²) in [6, 6.07) is 16.9. The average molecular weight is 776 g/mol. The number of hydrogen-bond acceptors (Lipinski definition) is 13. The SMILES string of the molecule is C.Cc1cc(=O)oc2cc(O[C@@H]3SC[C@@H](O)[C@H](O)[C@H]3O)ccc12.O=C(NC[C@H]1CN(c2ccc(N3CCOCC3=O)cc2)C(=O)O1)c1ccc(Cl)s1. The van der Waals surface area contributed by atoms with Gasteiger partial charge in [0.15, 0.2) is 5.44 Å². The number of morpholine rings is 1. The number of halogens is 1. The van der Waals surface area contributed by atoms with Crippen LogP contribution in [0.1, 0.15) is 22.7 Å². The molecule has 3 aliphatic heterocycles. The monoisotopic (exact) mass is 775 g/mol. The molecule has 52 heavy (non-hydrogen) atoms. The second-order valence-electron chi connectivity index (χ2n) is 11.8. The van der Waals surface area contributed by atoms with Crippen LogP contribution in [0.4, 0.5) is 16.2 Å². The van der Waals surface area contributed by atoms with E-state index in [1.165, 1.54) is 34.1 Å². The Morgan fingerprint density at radius 1 is 1.00 bits per heavy atom. The van der Waals surface area contributed by atoms with Crippen molar-refractivity contribution in [2.75, 3.05) is 48.4 Å². The van der Waals surface area contributed by atoms with E-state index < -0.39 is 41.6 Å². The van der Waals surface area contributed by atoms with E-state index in [9.17, 15) is 34.5 Å². The van der Waals surface area contributed by atoms with Crippen LogP contribution in [0, 0.1) is 6.92 Å². The zero-order valence-electron chi connectivity index (χ0n) is 27.1. The molecule has 2 aromatic carbocycles. The van der Waals surface area contributed by atoms with Crippen LogP contribution < -0.4 is 25.5 Å². The number of cyclic esters (lactones) is 1. The molecule has 0 unspecified atom stereocenters. The minimum absolute atomic E-state index is 0. The van der Waals surface area contributed by atoms with Crippen molar-refractivity contribution in [2.45, 2.75) is 44.2 Å². The maximum absolute atomic E-state index is 12.2. The Morgan fingerprint density at radius 3 is 2.42 bits per heavy atom. The van der Waals surface area contributed by atoms with Gasteiger partial charge in [0, 0.05) is 41.2 Å². The molecule has 0 bridgehead atoms. The van der Waals surface area contributed by atoms with Crippen LogP contribution >= 0.6 is 34.7 Å². The van der Waals surface area contributed by atoms with Crippen molar-refractivity contribution in [3.05, 3.63) is 85.9 Å². The first kappa shape index (κ1) is 39.1. The second-order valence-corrected chi connectivity index (χ2v) is 14.7. The van der Waals surface area contributed by atoms with Crippen LogP contribution in [0.5, 0.6) is 5.75 Å². The van der Waals surface area contributed by atoms with E-state index in [1.54, 1.807) is 59.5 Å². The van der Waals surface area contributed by atoms with E-state index in [4.69, 9.17) is 30.2 Å². The van der Waals surface area contributed by atoms with Gasteiger partial charge in [0.2, 0.25) is 0 Å². The van der Waals surface area contributed by atoms with Crippen LogP contribution in [-0.4, -0.2) is 102 Å². The van der Waals surface area contributed by atoms with Gasteiger partial charge in [0.1, 0.15) is 36.3 Å². The number of carbonyl (C=O) groups is 3. The van der Waals surface area contributed by atoms with Crippen molar-refractivity contribution in [2.24, 2.45) is 0 Å². The number of aliphatic hydroxyl groups is 3. The molecule has 7 rings (SSSR count). The van der Waals surface area contributed by atoms with E-state index in [1.807, 2.05) is 6.92 Å². The Hall–Kier alpha value is -4.16. The Kier molecular flexibility index (Phi) is 12.9. The second kappa shape index (κ2) is 17.1. The van der Waals surface area contributed by atoms with Gasteiger partial charge in [-0.2, -0.15) is 0 Å². The molecule has 278 valence electrons. The highest BCUT2D eigenvalue weighted by molar-refractivity contribution is 7.99. The zero-order chi connectivity index (χ0) is 36.2. The van der Waals surface area contributed by atoms with Gasteiger partial charge in [0.05, 0.1) is 35.0 Å². The lowest BCUT2D eigenvalue weighted by atomic mass is 10.1. The first-order valence-corrected chi connectivity index (χ1v) is 18.1. The smallest absolute Gasteiger partial charge is 0.414 e. The molecule has 3 fully saturated rings. The lowest BCUT2D eigenvalue weighted by Gasteiger charge is -2.34. The molecule has 0 saturated carbocycles. The Balaban J connectivity index is 0.000000205. The number of hydrogen-bond donors (Lipinski definition) is 4. The molecular formula is C35H38ClN3O11S2. The molecular weight excluding hydrogens is 738 g/mol. The summed E-state index contributed by atoms with van der Waals surface area (Å²) >= 11 is 8.25. The van der Waals surface area contributed by atoms with Gasteiger partial charge in [-0.25, -0.2) is 9.59 Å². The maximum Gasteiger partial charge on any atom is 0.414 e. The first-order chi connectivity index (χ1) is 24.5.